The van der Waals surface area contributed by atoms with Gasteiger partial charge in [-0.1, -0.05) is 140 Å². The largest absolute Gasteiger partial charge is 0.394 e. The van der Waals surface area contributed by atoms with Crippen LogP contribution in [0.4, 0.5) is 0 Å². The lowest BCUT2D eigenvalue weighted by Crippen LogP contribution is -2.31. The van der Waals surface area contributed by atoms with E-state index in [1.165, 1.54) is 128 Å². The molecule has 2 N–H and O–H groups in total. The number of ether oxygens (including phenoxy) is 2. The molecule has 0 aliphatic carbocycles. The number of allylic oxidation sites excluding steroid dienone is 8. The van der Waals surface area contributed by atoms with Gasteiger partial charge < -0.3 is 19.7 Å². The van der Waals surface area contributed by atoms with E-state index in [1.54, 1.807) is 0 Å². The minimum Gasteiger partial charge on any atom is -0.394 e. The van der Waals surface area contributed by atoms with Crippen LogP contribution in [0.25, 0.3) is 0 Å². The van der Waals surface area contributed by atoms with E-state index in [-0.39, 0.29) is 13.2 Å². The molecule has 45 heavy (non-hydrogen) atoms. The van der Waals surface area contributed by atoms with Crippen LogP contribution in [0.15, 0.2) is 48.6 Å². The van der Waals surface area contributed by atoms with Crippen molar-refractivity contribution in [3.05, 3.63) is 48.6 Å². The summed E-state index contributed by atoms with van der Waals surface area (Å²) in [6.07, 6.45) is 49.1. The van der Waals surface area contributed by atoms with Crippen molar-refractivity contribution < 1.29 is 19.7 Å². The molecule has 0 spiro atoms. The second-order valence-electron chi connectivity index (χ2n) is 13.3. The molecule has 1 rings (SSSR count). The Kier molecular flexibility index (Phi) is 29.2. The lowest BCUT2D eigenvalue weighted by atomic mass is 9.98. The summed E-state index contributed by atoms with van der Waals surface area (Å²) in [5, 5.41) is 19.6. The summed E-state index contributed by atoms with van der Waals surface area (Å²) in [6, 6.07) is 0. The number of rotatable bonds is 32. The van der Waals surface area contributed by atoms with Gasteiger partial charge in [-0.25, -0.2) is 0 Å². The van der Waals surface area contributed by atoms with Gasteiger partial charge in [0.2, 0.25) is 0 Å². The van der Waals surface area contributed by atoms with Crippen LogP contribution >= 0.6 is 0 Å². The van der Waals surface area contributed by atoms with Crippen LogP contribution in [-0.2, 0) is 9.47 Å². The third-order valence-corrected chi connectivity index (χ3v) is 9.02. The topological polar surface area (TPSA) is 58.9 Å². The summed E-state index contributed by atoms with van der Waals surface area (Å²) >= 11 is 0. The molecular weight excluding hydrogens is 556 g/mol. The molecule has 0 aromatic heterocycles. The van der Waals surface area contributed by atoms with E-state index in [2.05, 4.69) is 62.5 Å². The van der Waals surface area contributed by atoms with Crippen LogP contribution in [-0.4, -0.2) is 41.4 Å². The van der Waals surface area contributed by atoms with Crippen LogP contribution in [0.1, 0.15) is 181 Å². The number of aliphatic hydroxyl groups excluding tert-OH is 2. The number of hydrogen-bond donors (Lipinski definition) is 2. The quantitative estimate of drug-likeness (QED) is 0.0573. The maximum Gasteiger partial charge on any atom is 0.169 e. The molecule has 0 aromatic carbocycles. The van der Waals surface area contributed by atoms with Gasteiger partial charge in [0.1, 0.15) is 12.2 Å². The fourth-order valence-electron chi connectivity index (χ4n) is 6.17. The summed E-state index contributed by atoms with van der Waals surface area (Å²) < 4.78 is 12.6. The first-order valence-electron chi connectivity index (χ1n) is 19.4. The highest BCUT2D eigenvalue weighted by Crippen LogP contribution is 2.37. The third-order valence-electron chi connectivity index (χ3n) is 9.02. The van der Waals surface area contributed by atoms with E-state index in [1.807, 2.05) is 0 Å². The number of aliphatic hydroxyl groups is 2. The summed E-state index contributed by atoms with van der Waals surface area (Å²) in [5.41, 5.74) is 0. The zero-order valence-corrected chi connectivity index (χ0v) is 29.8. The second-order valence-corrected chi connectivity index (χ2v) is 13.3. The van der Waals surface area contributed by atoms with Crippen molar-refractivity contribution in [1.29, 1.82) is 0 Å². The average Bonchev–Trinajstić information content (AvgIpc) is 3.42. The van der Waals surface area contributed by atoms with Crippen molar-refractivity contribution >= 4 is 0 Å². The molecule has 2 atom stereocenters. The Morgan fingerprint density at radius 1 is 0.422 bits per heavy atom. The van der Waals surface area contributed by atoms with Gasteiger partial charge >= 0.3 is 0 Å². The van der Waals surface area contributed by atoms with Crippen molar-refractivity contribution in [2.45, 2.75) is 199 Å². The van der Waals surface area contributed by atoms with Gasteiger partial charge in [-0.2, -0.15) is 0 Å². The Balaban J connectivity index is 2.15. The summed E-state index contributed by atoms with van der Waals surface area (Å²) in [6.45, 7) is 4.32. The second kappa shape index (κ2) is 31.4. The van der Waals surface area contributed by atoms with Crippen LogP contribution in [0.2, 0.25) is 0 Å². The first kappa shape index (κ1) is 41.8. The normalized spacial score (nSPS) is 18.6. The average molecular weight is 631 g/mol. The highest BCUT2D eigenvalue weighted by Gasteiger charge is 2.46. The fraction of sp³-hybridized carbons (Fsp3) is 0.805. The van der Waals surface area contributed by atoms with E-state index in [9.17, 15) is 10.2 Å². The van der Waals surface area contributed by atoms with Crippen LogP contribution < -0.4 is 0 Å². The molecule has 4 heteroatoms. The van der Waals surface area contributed by atoms with Crippen molar-refractivity contribution in [2.24, 2.45) is 0 Å². The van der Waals surface area contributed by atoms with E-state index >= 15 is 0 Å². The molecule has 0 unspecified atom stereocenters. The maximum atomic E-state index is 9.79. The van der Waals surface area contributed by atoms with E-state index in [0.29, 0.717) is 0 Å². The smallest absolute Gasteiger partial charge is 0.169 e. The molecule has 1 aliphatic rings. The monoisotopic (exact) mass is 631 g/mol. The molecule has 1 fully saturated rings. The Morgan fingerprint density at radius 3 is 1.07 bits per heavy atom. The standard InChI is InChI=1S/C41H74O4/c1-3-5-7-9-11-13-15-17-19-21-23-25-27-29-31-33-35-41(44-39(37-42)40(38-43)45-41)36-34-32-30-28-26-24-22-20-18-16-14-12-10-8-6-4-2/h11-14,17-20,39-40,42-43H,3-10,15-16,21-38H2,1-2H3/t39-,40-/m0/s1. The van der Waals surface area contributed by atoms with Gasteiger partial charge in [0.15, 0.2) is 5.79 Å². The zero-order valence-electron chi connectivity index (χ0n) is 29.8. The fourth-order valence-corrected chi connectivity index (χ4v) is 6.17. The van der Waals surface area contributed by atoms with Gasteiger partial charge in [0.25, 0.3) is 0 Å². The Hall–Kier alpha value is -1.20. The molecule has 262 valence electrons. The van der Waals surface area contributed by atoms with Gasteiger partial charge in [0.05, 0.1) is 13.2 Å². The molecule has 0 radical (unpaired) electrons. The molecule has 0 bridgehead atoms. The van der Waals surface area contributed by atoms with Crippen molar-refractivity contribution in [1.82, 2.24) is 0 Å². The molecule has 4 nitrogen and oxygen atoms in total. The zero-order chi connectivity index (χ0) is 32.5. The van der Waals surface area contributed by atoms with E-state index in [4.69, 9.17) is 9.47 Å². The third kappa shape index (κ3) is 23.7. The van der Waals surface area contributed by atoms with Crippen molar-refractivity contribution in [3.8, 4) is 0 Å². The molecule has 0 saturated carbocycles. The van der Waals surface area contributed by atoms with Crippen molar-refractivity contribution in [3.63, 3.8) is 0 Å². The van der Waals surface area contributed by atoms with Crippen LogP contribution in [0.5, 0.6) is 0 Å². The summed E-state index contributed by atoms with van der Waals surface area (Å²) in [4.78, 5) is 0. The van der Waals surface area contributed by atoms with Gasteiger partial charge in [0, 0.05) is 12.8 Å². The molecule has 1 aliphatic heterocycles. The number of unbranched alkanes of at least 4 members (excludes halogenated alkanes) is 18. The summed E-state index contributed by atoms with van der Waals surface area (Å²) in [5.74, 6) is -0.634. The first-order valence-corrected chi connectivity index (χ1v) is 19.4. The van der Waals surface area contributed by atoms with Crippen LogP contribution in [0.3, 0.4) is 0 Å². The van der Waals surface area contributed by atoms with E-state index < -0.39 is 18.0 Å². The van der Waals surface area contributed by atoms with Crippen LogP contribution in [0, 0.1) is 0 Å². The predicted octanol–water partition coefficient (Wildman–Crippen LogP) is 11.9. The highest BCUT2D eigenvalue weighted by atomic mass is 16.8. The molecule has 1 saturated heterocycles. The predicted molar refractivity (Wildman–Crippen MR) is 195 cm³/mol. The minimum absolute atomic E-state index is 0.0969. The van der Waals surface area contributed by atoms with Gasteiger partial charge in [-0.15, -0.1) is 0 Å². The maximum absolute atomic E-state index is 9.79. The Labute approximate surface area is 279 Å². The van der Waals surface area contributed by atoms with Gasteiger partial charge in [-0.3, -0.25) is 0 Å². The Bertz CT molecular complexity index is 678. The first-order chi connectivity index (χ1) is 22.2. The lowest BCUT2D eigenvalue weighted by molar-refractivity contribution is -0.190. The molecule has 1 heterocycles. The minimum atomic E-state index is -0.634. The SMILES string of the molecule is CCCCCC=CCC=CCCCCCCCCC1(CCCCCCCCC=CCC=CCCCCC)O[C@@H](CO)[C@H](CO)O1. The molecule has 0 aromatic rings. The Morgan fingerprint density at radius 2 is 0.733 bits per heavy atom. The lowest BCUT2D eigenvalue weighted by Gasteiger charge is -2.28. The van der Waals surface area contributed by atoms with E-state index in [0.717, 1.165) is 38.5 Å². The van der Waals surface area contributed by atoms with Gasteiger partial charge in [-0.05, 0) is 77.0 Å². The number of hydrogen-bond acceptors (Lipinski definition) is 4. The molecule has 0 amide bonds. The van der Waals surface area contributed by atoms with Crippen molar-refractivity contribution in [2.75, 3.05) is 13.2 Å². The molecular formula is C41H74O4. The highest BCUT2D eigenvalue weighted by molar-refractivity contribution is 4.93. The summed E-state index contributed by atoms with van der Waals surface area (Å²) in [7, 11) is 0.